The maximum Gasteiger partial charge on any atom is 0.235 e. The zero-order valence-corrected chi connectivity index (χ0v) is 10.9. The van der Waals surface area contributed by atoms with Gasteiger partial charge in [0.05, 0.1) is 11.5 Å². The van der Waals surface area contributed by atoms with Crippen molar-refractivity contribution < 1.29 is 9.59 Å². The Morgan fingerprint density at radius 1 is 1.28 bits per heavy atom. The summed E-state index contributed by atoms with van der Waals surface area (Å²) in [7, 11) is 0. The Kier molecular flexibility index (Phi) is 2.89. The SMILES string of the molecule is CC(c1ccccc1N)N1C(=O)CC(C)(C)C1=O. The fraction of sp³-hybridized carbons (Fsp3) is 0.429. The summed E-state index contributed by atoms with van der Waals surface area (Å²) in [6, 6.07) is 7.02. The lowest BCUT2D eigenvalue weighted by Gasteiger charge is -2.25. The van der Waals surface area contributed by atoms with Crippen LogP contribution in [0.5, 0.6) is 0 Å². The number of imide groups is 1. The standard InChI is InChI=1S/C14H18N2O2/c1-9(10-6-4-5-7-11(10)15)16-12(17)8-14(2,3)13(16)18/h4-7,9H,8,15H2,1-3H3. The van der Waals surface area contributed by atoms with Crippen LogP contribution < -0.4 is 5.73 Å². The predicted molar refractivity (Wildman–Crippen MR) is 69.5 cm³/mol. The summed E-state index contributed by atoms with van der Waals surface area (Å²) in [5.41, 5.74) is 6.72. The number of para-hydroxylation sites is 1. The fourth-order valence-corrected chi connectivity index (χ4v) is 2.40. The topological polar surface area (TPSA) is 63.4 Å². The molecular formula is C14H18N2O2. The summed E-state index contributed by atoms with van der Waals surface area (Å²) in [5, 5.41) is 0. The number of likely N-dealkylation sites (tertiary alicyclic amines) is 1. The summed E-state index contributed by atoms with van der Waals surface area (Å²) < 4.78 is 0. The molecule has 2 rings (SSSR count). The number of rotatable bonds is 2. The molecule has 1 aromatic carbocycles. The van der Waals surface area contributed by atoms with E-state index in [4.69, 9.17) is 5.73 Å². The summed E-state index contributed by atoms with van der Waals surface area (Å²) in [6.45, 7) is 5.44. The number of carbonyl (C=O) groups excluding carboxylic acids is 2. The van der Waals surface area contributed by atoms with Crippen LogP contribution in [0.2, 0.25) is 0 Å². The van der Waals surface area contributed by atoms with Crippen molar-refractivity contribution >= 4 is 17.5 Å². The van der Waals surface area contributed by atoms with E-state index in [0.717, 1.165) is 5.56 Å². The molecule has 1 aliphatic heterocycles. The largest absolute Gasteiger partial charge is 0.398 e. The van der Waals surface area contributed by atoms with Gasteiger partial charge in [0.25, 0.3) is 0 Å². The second-order valence-corrected chi connectivity index (χ2v) is 5.43. The van der Waals surface area contributed by atoms with E-state index in [1.165, 1.54) is 4.90 Å². The molecule has 1 saturated heterocycles. The molecule has 1 aliphatic rings. The average Bonchev–Trinajstić information content (AvgIpc) is 2.48. The molecule has 0 bridgehead atoms. The minimum absolute atomic E-state index is 0.122. The second kappa shape index (κ2) is 4.12. The van der Waals surface area contributed by atoms with Crippen molar-refractivity contribution in [3.8, 4) is 0 Å². The number of carbonyl (C=O) groups is 2. The third-order valence-corrected chi connectivity index (χ3v) is 3.49. The van der Waals surface area contributed by atoms with E-state index in [-0.39, 0.29) is 24.3 Å². The van der Waals surface area contributed by atoms with Crippen LogP contribution in [0.15, 0.2) is 24.3 Å². The highest BCUT2D eigenvalue weighted by Gasteiger charge is 2.46. The molecule has 1 heterocycles. The highest BCUT2D eigenvalue weighted by Crippen LogP contribution is 2.38. The molecule has 0 radical (unpaired) electrons. The molecule has 1 atom stereocenters. The van der Waals surface area contributed by atoms with Gasteiger partial charge in [-0.25, -0.2) is 0 Å². The highest BCUT2D eigenvalue weighted by atomic mass is 16.2. The number of nitrogens with zero attached hydrogens (tertiary/aromatic N) is 1. The Bertz CT molecular complexity index is 508. The quantitative estimate of drug-likeness (QED) is 0.642. The molecule has 2 N–H and O–H groups in total. The highest BCUT2D eigenvalue weighted by molar-refractivity contribution is 6.05. The number of hydrogen-bond acceptors (Lipinski definition) is 3. The van der Waals surface area contributed by atoms with Crippen LogP contribution in [0, 0.1) is 5.41 Å². The Morgan fingerprint density at radius 3 is 2.39 bits per heavy atom. The normalized spacial score (nSPS) is 20.3. The Labute approximate surface area is 107 Å². The Balaban J connectivity index is 2.36. The van der Waals surface area contributed by atoms with E-state index >= 15 is 0 Å². The van der Waals surface area contributed by atoms with Crippen molar-refractivity contribution in [1.29, 1.82) is 0 Å². The molecule has 0 saturated carbocycles. The monoisotopic (exact) mass is 246 g/mol. The van der Waals surface area contributed by atoms with E-state index < -0.39 is 5.41 Å². The molecule has 0 aromatic heterocycles. The van der Waals surface area contributed by atoms with Gasteiger partial charge in [0.2, 0.25) is 11.8 Å². The van der Waals surface area contributed by atoms with Gasteiger partial charge in [-0.05, 0) is 18.6 Å². The lowest BCUT2D eigenvalue weighted by atomic mass is 9.92. The molecule has 0 aliphatic carbocycles. The van der Waals surface area contributed by atoms with Crippen molar-refractivity contribution in [2.24, 2.45) is 5.41 Å². The molecule has 2 amide bonds. The van der Waals surface area contributed by atoms with Crippen LogP contribution in [0.1, 0.15) is 38.8 Å². The number of benzene rings is 1. The number of nitrogen functional groups attached to an aromatic ring is 1. The first kappa shape index (κ1) is 12.6. The average molecular weight is 246 g/mol. The molecule has 1 fully saturated rings. The summed E-state index contributed by atoms with van der Waals surface area (Å²) in [5.74, 6) is -0.246. The third kappa shape index (κ3) is 1.88. The molecule has 1 aromatic rings. The van der Waals surface area contributed by atoms with Crippen LogP contribution >= 0.6 is 0 Å². The molecule has 4 heteroatoms. The van der Waals surface area contributed by atoms with Crippen LogP contribution in [0.25, 0.3) is 0 Å². The summed E-state index contributed by atoms with van der Waals surface area (Å²) in [6.07, 6.45) is 0.267. The lowest BCUT2D eigenvalue weighted by molar-refractivity contribution is -0.143. The minimum atomic E-state index is -0.602. The van der Waals surface area contributed by atoms with Gasteiger partial charge in [-0.1, -0.05) is 32.0 Å². The molecule has 0 spiro atoms. The second-order valence-electron chi connectivity index (χ2n) is 5.43. The van der Waals surface area contributed by atoms with E-state index in [1.54, 1.807) is 19.9 Å². The van der Waals surface area contributed by atoms with Crippen molar-refractivity contribution in [1.82, 2.24) is 4.90 Å². The van der Waals surface area contributed by atoms with Gasteiger partial charge in [0, 0.05) is 12.1 Å². The number of anilines is 1. The minimum Gasteiger partial charge on any atom is -0.398 e. The van der Waals surface area contributed by atoms with Gasteiger partial charge in [0.1, 0.15) is 0 Å². The molecule has 18 heavy (non-hydrogen) atoms. The lowest BCUT2D eigenvalue weighted by Crippen LogP contribution is -2.35. The van der Waals surface area contributed by atoms with Crippen molar-refractivity contribution in [3.05, 3.63) is 29.8 Å². The maximum absolute atomic E-state index is 12.2. The van der Waals surface area contributed by atoms with Crippen LogP contribution in [0.4, 0.5) is 5.69 Å². The Morgan fingerprint density at radius 2 is 1.89 bits per heavy atom. The van der Waals surface area contributed by atoms with Crippen molar-refractivity contribution in [2.45, 2.75) is 33.2 Å². The zero-order chi connectivity index (χ0) is 13.5. The summed E-state index contributed by atoms with van der Waals surface area (Å²) in [4.78, 5) is 25.6. The number of amides is 2. The third-order valence-electron chi connectivity index (χ3n) is 3.49. The molecule has 4 nitrogen and oxygen atoms in total. The van der Waals surface area contributed by atoms with E-state index in [9.17, 15) is 9.59 Å². The van der Waals surface area contributed by atoms with Gasteiger partial charge < -0.3 is 5.73 Å². The van der Waals surface area contributed by atoms with Gasteiger partial charge >= 0.3 is 0 Å². The molecular weight excluding hydrogens is 228 g/mol. The van der Waals surface area contributed by atoms with Gasteiger partial charge in [-0.15, -0.1) is 0 Å². The van der Waals surface area contributed by atoms with Gasteiger partial charge in [-0.3, -0.25) is 14.5 Å². The zero-order valence-electron chi connectivity index (χ0n) is 10.9. The first-order valence-corrected chi connectivity index (χ1v) is 6.05. The van der Waals surface area contributed by atoms with E-state index in [0.29, 0.717) is 5.69 Å². The number of hydrogen-bond donors (Lipinski definition) is 1. The van der Waals surface area contributed by atoms with Crippen molar-refractivity contribution in [3.63, 3.8) is 0 Å². The fourth-order valence-electron chi connectivity index (χ4n) is 2.40. The van der Waals surface area contributed by atoms with E-state index in [2.05, 4.69) is 0 Å². The first-order valence-electron chi connectivity index (χ1n) is 6.05. The smallest absolute Gasteiger partial charge is 0.235 e. The molecule has 1 unspecified atom stereocenters. The van der Waals surface area contributed by atoms with Crippen LogP contribution in [-0.2, 0) is 9.59 Å². The predicted octanol–water partition coefficient (Wildman–Crippen LogP) is 2.11. The van der Waals surface area contributed by atoms with Crippen LogP contribution in [0.3, 0.4) is 0 Å². The number of nitrogens with two attached hydrogens (primary N) is 1. The van der Waals surface area contributed by atoms with Gasteiger partial charge in [0.15, 0.2) is 0 Å². The maximum atomic E-state index is 12.2. The molecule has 96 valence electrons. The van der Waals surface area contributed by atoms with Crippen LogP contribution in [-0.4, -0.2) is 16.7 Å². The summed E-state index contributed by atoms with van der Waals surface area (Å²) >= 11 is 0. The Hall–Kier alpha value is -1.84. The first-order chi connectivity index (χ1) is 8.34. The van der Waals surface area contributed by atoms with E-state index in [1.807, 2.05) is 25.1 Å². The van der Waals surface area contributed by atoms with Crippen molar-refractivity contribution in [2.75, 3.05) is 5.73 Å². The van der Waals surface area contributed by atoms with Gasteiger partial charge in [-0.2, -0.15) is 0 Å².